The highest BCUT2D eigenvalue weighted by Gasteiger charge is 2.15. The minimum Gasteiger partial charge on any atom is -0.476 e. The van der Waals surface area contributed by atoms with Crippen LogP contribution in [0.4, 0.5) is 5.13 Å². The Balaban J connectivity index is 2.73. The molecule has 0 saturated heterocycles. The minimum absolute atomic E-state index is 0.123. The Morgan fingerprint density at radius 3 is 2.93 bits per heavy atom. The van der Waals surface area contributed by atoms with Gasteiger partial charge < -0.3 is 10.0 Å². The number of aromatic carboxylic acids is 1. The van der Waals surface area contributed by atoms with Gasteiger partial charge in [-0.15, -0.1) is 11.3 Å². The number of thiazole rings is 1. The molecule has 84 valence electrons. The van der Waals surface area contributed by atoms with Crippen molar-refractivity contribution in [3.05, 3.63) is 11.1 Å². The molecule has 4 nitrogen and oxygen atoms in total. The molecule has 1 rings (SSSR count). The van der Waals surface area contributed by atoms with Gasteiger partial charge in [-0.05, 0) is 13.2 Å². The molecule has 1 aromatic heterocycles. The van der Waals surface area contributed by atoms with E-state index in [1.54, 1.807) is 17.1 Å². The second-order valence-corrected chi connectivity index (χ2v) is 4.98. The zero-order valence-electron chi connectivity index (χ0n) is 8.93. The van der Waals surface area contributed by atoms with Crippen molar-refractivity contribution in [3.63, 3.8) is 0 Å². The maximum absolute atomic E-state index is 10.7. The first-order chi connectivity index (χ1) is 7.06. The largest absolute Gasteiger partial charge is 0.476 e. The van der Waals surface area contributed by atoms with Gasteiger partial charge >= 0.3 is 5.97 Å². The molecule has 1 heterocycles. The van der Waals surface area contributed by atoms with E-state index in [1.807, 2.05) is 11.9 Å². The Kier molecular flexibility index (Phi) is 4.41. The van der Waals surface area contributed by atoms with Crippen LogP contribution in [0.25, 0.3) is 0 Å². The zero-order valence-corrected chi connectivity index (χ0v) is 10.6. The molecule has 1 atom stereocenters. The van der Waals surface area contributed by atoms with Crippen LogP contribution in [0.15, 0.2) is 5.38 Å². The quantitative estimate of drug-likeness (QED) is 0.861. The van der Waals surface area contributed by atoms with Crippen LogP contribution in [0.5, 0.6) is 0 Å². The first-order valence-electron chi connectivity index (χ1n) is 4.46. The summed E-state index contributed by atoms with van der Waals surface area (Å²) in [6.45, 7) is 2.10. The summed E-state index contributed by atoms with van der Waals surface area (Å²) in [6, 6.07) is 0.354. The van der Waals surface area contributed by atoms with E-state index in [-0.39, 0.29) is 5.69 Å². The molecule has 1 unspecified atom stereocenters. The number of carbonyl (C=O) groups is 1. The molecule has 0 bridgehead atoms. The van der Waals surface area contributed by atoms with Crippen LogP contribution in [0.1, 0.15) is 17.4 Å². The molecule has 0 saturated carbocycles. The molecule has 0 fully saturated rings. The SMILES string of the molecule is CSCC(C)N(C)c1nc(C(=O)O)cs1. The van der Waals surface area contributed by atoms with Crippen molar-refractivity contribution in [2.45, 2.75) is 13.0 Å². The third kappa shape index (κ3) is 3.10. The van der Waals surface area contributed by atoms with Crippen LogP contribution in [0.3, 0.4) is 0 Å². The number of thioether (sulfide) groups is 1. The fourth-order valence-corrected chi connectivity index (χ4v) is 2.64. The lowest BCUT2D eigenvalue weighted by Gasteiger charge is -2.23. The Morgan fingerprint density at radius 2 is 2.47 bits per heavy atom. The highest BCUT2D eigenvalue weighted by atomic mass is 32.2. The Labute approximate surface area is 97.3 Å². The Morgan fingerprint density at radius 1 is 1.80 bits per heavy atom. The summed E-state index contributed by atoms with van der Waals surface area (Å²) in [4.78, 5) is 16.7. The van der Waals surface area contributed by atoms with Crippen LogP contribution in [-0.2, 0) is 0 Å². The molecule has 6 heteroatoms. The van der Waals surface area contributed by atoms with Gasteiger partial charge in [0, 0.05) is 24.2 Å². The summed E-state index contributed by atoms with van der Waals surface area (Å²) in [7, 11) is 1.94. The van der Waals surface area contributed by atoms with E-state index in [0.717, 1.165) is 10.9 Å². The lowest BCUT2D eigenvalue weighted by atomic mass is 10.4. The van der Waals surface area contributed by atoms with Gasteiger partial charge in [0.25, 0.3) is 0 Å². The Bertz CT molecular complexity index is 341. The van der Waals surface area contributed by atoms with Crippen molar-refractivity contribution in [1.82, 2.24) is 4.98 Å². The van der Waals surface area contributed by atoms with Gasteiger partial charge in [-0.1, -0.05) is 0 Å². The highest BCUT2D eigenvalue weighted by Crippen LogP contribution is 2.21. The summed E-state index contributed by atoms with van der Waals surface area (Å²) >= 11 is 3.13. The molecular weight excluding hydrogens is 232 g/mol. The van der Waals surface area contributed by atoms with Crippen LogP contribution in [-0.4, -0.2) is 41.2 Å². The maximum atomic E-state index is 10.7. The molecule has 0 spiro atoms. The van der Waals surface area contributed by atoms with Crippen LogP contribution >= 0.6 is 23.1 Å². The van der Waals surface area contributed by atoms with E-state index >= 15 is 0 Å². The maximum Gasteiger partial charge on any atom is 0.355 e. The number of rotatable bonds is 5. The monoisotopic (exact) mass is 246 g/mol. The summed E-state index contributed by atoms with van der Waals surface area (Å²) in [5.74, 6) is 0.0294. The second kappa shape index (κ2) is 5.37. The number of anilines is 1. The van der Waals surface area contributed by atoms with Gasteiger partial charge in [0.15, 0.2) is 10.8 Å². The number of hydrogen-bond acceptors (Lipinski definition) is 5. The summed E-state index contributed by atoms with van der Waals surface area (Å²) in [5.41, 5.74) is 0.123. The average Bonchev–Trinajstić information content (AvgIpc) is 2.65. The molecule has 0 amide bonds. The molecule has 1 aromatic rings. The first-order valence-corrected chi connectivity index (χ1v) is 6.74. The lowest BCUT2D eigenvalue weighted by Crippen LogP contribution is -2.30. The van der Waals surface area contributed by atoms with E-state index in [4.69, 9.17) is 5.11 Å². The van der Waals surface area contributed by atoms with E-state index in [1.165, 1.54) is 11.3 Å². The highest BCUT2D eigenvalue weighted by molar-refractivity contribution is 7.98. The van der Waals surface area contributed by atoms with Gasteiger partial charge in [-0.25, -0.2) is 9.78 Å². The Hall–Kier alpha value is -0.750. The van der Waals surface area contributed by atoms with Crippen molar-refractivity contribution < 1.29 is 9.90 Å². The van der Waals surface area contributed by atoms with Crippen LogP contribution < -0.4 is 4.90 Å². The van der Waals surface area contributed by atoms with Gasteiger partial charge in [0.2, 0.25) is 0 Å². The summed E-state index contributed by atoms with van der Waals surface area (Å²) in [6.07, 6.45) is 2.05. The lowest BCUT2D eigenvalue weighted by molar-refractivity contribution is 0.0691. The first kappa shape index (κ1) is 12.3. The molecule has 0 aromatic carbocycles. The predicted molar refractivity (Wildman–Crippen MR) is 65.3 cm³/mol. The van der Waals surface area contributed by atoms with Crippen molar-refractivity contribution in [3.8, 4) is 0 Å². The van der Waals surface area contributed by atoms with E-state index < -0.39 is 5.97 Å². The van der Waals surface area contributed by atoms with Crippen LogP contribution in [0.2, 0.25) is 0 Å². The molecule has 0 aliphatic heterocycles. The number of hydrogen-bond donors (Lipinski definition) is 1. The zero-order chi connectivity index (χ0) is 11.4. The molecular formula is C9H14N2O2S2. The van der Waals surface area contributed by atoms with E-state index in [2.05, 4.69) is 18.2 Å². The molecule has 0 aliphatic carbocycles. The fraction of sp³-hybridized carbons (Fsp3) is 0.556. The number of aromatic nitrogens is 1. The third-order valence-electron chi connectivity index (χ3n) is 2.08. The molecule has 0 aliphatic rings. The third-order valence-corrected chi connectivity index (χ3v) is 3.83. The molecule has 15 heavy (non-hydrogen) atoms. The standard InChI is InChI=1S/C9H14N2O2S2/c1-6(4-14-3)11(2)9-10-7(5-15-9)8(12)13/h5-6H,4H2,1-3H3,(H,12,13). The van der Waals surface area contributed by atoms with E-state index in [0.29, 0.717) is 6.04 Å². The van der Waals surface area contributed by atoms with Gasteiger partial charge in [-0.2, -0.15) is 11.8 Å². The fourth-order valence-electron chi connectivity index (χ4n) is 1.07. The minimum atomic E-state index is -0.969. The predicted octanol–water partition coefficient (Wildman–Crippen LogP) is 2.03. The van der Waals surface area contributed by atoms with Gasteiger partial charge in [0.05, 0.1) is 0 Å². The summed E-state index contributed by atoms with van der Waals surface area (Å²) in [5, 5.41) is 11.1. The summed E-state index contributed by atoms with van der Waals surface area (Å²) < 4.78 is 0. The van der Waals surface area contributed by atoms with Crippen molar-refractivity contribution in [2.24, 2.45) is 0 Å². The van der Waals surface area contributed by atoms with Gasteiger partial charge in [-0.3, -0.25) is 0 Å². The molecule has 0 radical (unpaired) electrons. The number of carboxylic acid groups (broad SMARTS) is 1. The number of nitrogens with zero attached hydrogens (tertiary/aromatic N) is 2. The normalized spacial score (nSPS) is 12.5. The van der Waals surface area contributed by atoms with Crippen molar-refractivity contribution in [1.29, 1.82) is 0 Å². The average molecular weight is 246 g/mol. The van der Waals surface area contributed by atoms with Crippen LogP contribution in [0, 0.1) is 0 Å². The van der Waals surface area contributed by atoms with E-state index in [9.17, 15) is 4.79 Å². The molecule has 1 N–H and O–H groups in total. The second-order valence-electron chi connectivity index (χ2n) is 3.24. The van der Waals surface area contributed by atoms with Crippen molar-refractivity contribution >= 4 is 34.2 Å². The topological polar surface area (TPSA) is 53.4 Å². The number of carboxylic acids is 1. The smallest absolute Gasteiger partial charge is 0.355 e. The van der Waals surface area contributed by atoms with Gasteiger partial charge in [0.1, 0.15) is 0 Å². The van der Waals surface area contributed by atoms with Crippen molar-refractivity contribution in [2.75, 3.05) is 24.0 Å².